The summed E-state index contributed by atoms with van der Waals surface area (Å²) in [5.41, 5.74) is 16.7. The minimum absolute atomic E-state index is 0.105. The van der Waals surface area contributed by atoms with E-state index in [2.05, 4.69) is 60.0 Å². The van der Waals surface area contributed by atoms with Crippen molar-refractivity contribution in [1.82, 2.24) is 20.0 Å². The van der Waals surface area contributed by atoms with E-state index in [1.54, 1.807) is 25.4 Å². The van der Waals surface area contributed by atoms with Crippen molar-refractivity contribution in [3.05, 3.63) is 71.5 Å². The lowest BCUT2D eigenvalue weighted by atomic mass is 9.84. The summed E-state index contributed by atoms with van der Waals surface area (Å²) >= 11 is 0. The number of rotatable bonds is 4. The standard InChI is InChI=1S/C36H43N5O5/c1-5-40-32-11-10-23-18-27(32)28(33(40)26-8-6-12-38-31(26)20-45-4)19-36(2,3)21-46-35(44)30-9-7-13-41(39-30)34(43)29(37)16-22-14-24(23)17-25(42)15-22/h6,8,10-12,14-15,17-18,29-30,39,42H,5,7,9,13,16,19-21,37H2,1-4H3/t29-,30-/m0/s1. The van der Waals surface area contributed by atoms with Crippen LogP contribution in [0.4, 0.5) is 0 Å². The van der Waals surface area contributed by atoms with Gasteiger partial charge in [-0.3, -0.25) is 19.6 Å². The summed E-state index contributed by atoms with van der Waals surface area (Å²) in [4.78, 5) is 31.3. The summed E-state index contributed by atoms with van der Waals surface area (Å²) in [7, 11) is 1.67. The number of esters is 1. The van der Waals surface area contributed by atoms with E-state index in [1.165, 1.54) is 5.01 Å². The molecule has 2 atom stereocenters. The minimum Gasteiger partial charge on any atom is -0.508 e. The van der Waals surface area contributed by atoms with Gasteiger partial charge in [-0.25, -0.2) is 5.43 Å². The first-order valence-electron chi connectivity index (χ1n) is 16.0. The fourth-order valence-electron chi connectivity index (χ4n) is 6.84. The van der Waals surface area contributed by atoms with Gasteiger partial charge in [-0.2, -0.15) is 0 Å². The molecule has 242 valence electrons. The molecular formula is C36H43N5O5. The highest BCUT2D eigenvalue weighted by molar-refractivity contribution is 5.95. The molecule has 46 heavy (non-hydrogen) atoms. The Morgan fingerprint density at radius 2 is 1.98 bits per heavy atom. The Morgan fingerprint density at radius 3 is 2.76 bits per heavy atom. The number of carbonyl (C=O) groups is 2. The molecule has 4 N–H and O–H groups in total. The maximum atomic E-state index is 13.3. The number of hydrogen-bond donors (Lipinski definition) is 3. The van der Waals surface area contributed by atoms with E-state index >= 15 is 0 Å². The Bertz CT molecular complexity index is 1780. The van der Waals surface area contributed by atoms with Gasteiger partial charge in [0.25, 0.3) is 5.91 Å². The maximum absolute atomic E-state index is 13.3. The Hall–Kier alpha value is -4.25. The van der Waals surface area contributed by atoms with Crippen LogP contribution in [0.3, 0.4) is 0 Å². The largest absolute Gasteiger partial charge is 0.508 e. The summed E-state index contributed by atoms with van der Waals surface area (Å²) in [6.07, 6.45) is 3.85. The molecule has 2 aliphatic rings. The van der Waals surface area contributed by atoms with E-state index in [9.17, 15) is 14.7 Å². The molecule has 6 bridgehead atoms. The summed E-state index contributed by atoms with van der Waals surface area (Å²) in [6, 6.07) is 14.3. The van der Waals surface area contributed by atoms with Crippen LogP contribution in [0, 0.1) is 5.41 Å². The molecule has 0 radical (unpaired) electrons. The lowest BCUT2D eigenvalue weighted by Crippen LogP contribution is -2.59. The fraction of sp³-hybridized carbons (Fsp3) is 0.417. The van der Waals surface area contributed by atoms with Crippen LogP contribution in [-0.4, -0.2) is 63.9 Å². The number of nitrogens with two attached hydrogens (primary N) is 1. The lowest BCUT2D eigenvalue weighted by molar-refractivity contribution is -0.154. The number of methoxy groups -OCH3 is 1. The molecule has 1 saturated heterocycles. The van der Waals surface area contributed by atoms with Gasteiger partial charge >= 0.3 is 5.97 Å². The van der Waals surface area contributed by atoms with Crippen LogP contribution in [0.5, 0.6) is 5.75 Å². The Labute approximate surface area is 269 Å². The van der Waals surface area contributed by atoms with Crippen LogP contribution in [-0.2, 0) is 45.1 Å². The number of aromatic nitrogens is 2. The van der Waals surface area contributed by atoms with Crippen LogP contribution in [0.15, 0.2) is 54.7 Å². The second-order valence-electron chi connectivity index (χ2n) is 13.2. The van der Waals surface area contributed by atoms with E-state index in [0.717, 1.165) is 56.7 Å². The first-order chi connectivity index (χ1) is 22.1. The Kier molecular flexibility index (Phi) is 8.87. The van der Waals surface area contributed by atoms with E-state index < -0.39 is 17.5 Å². The predicted molar refractivity (Wildman–Crippen MR) is 177 cm³/mol. The van der Waals surface area contributed by atoms with Crippen molar-refractivity contribution >= 4 is 22.8 Å². The lowest BCUT2D eigenvalue weighted by Gasteiger charge is -2.35. The molecule has 1 fully saturated rings. The van der Waals surface area contributed by atoms with Crippen molar-refractivity contribution in [3.8, 4) is 28.1 Å². The highest BCUT2D eigenvalue weighted by Gasteiger charge is 2.34. The molecule has 2 aliphatic heterocycles. The van der Waals surface area contributed by atoms with Crippen LogP contribution in [0.2, 0.25) is 0 Å². The number of nitrogens with one attached hydrogen (secondary N) is 1. The smallest absolute Gasteiger partial charge is 0.324 e. The molecular weight excluding hydrogens is 582 g/mol. The molecule has 4 heterocycles. The van der Waals surface area contributed by atoms with E-state index in [4.69, 9.17) is 15.2 Å². The maximum Gasteiger partial charge on any atom is 0.324 e. The van der Waals surface area contributed by atoms with Crippen molar-refractivity contribution < 1.29 is 24.2 Å². The Morgan fingerprint density at radius 1 is 1.15 bits per heavy atom. The zero-order valence-corrected chi connectivity index (χ0v) is 27.0. The number of nitrogens with zero attached hydrogens (tertiary/aromatic N) is 3. The number of aryl methyl sites for hydroxylation is 1. The molecule has 0 unspecified atom stereocenters. The third-order valence-corrected chi connectivity index (χ3v) is 8.99. The normalized spacial score (nSPS) is 20.4. The number of cyclic esters (lactones) is 1. The van der Waals surface area contributed by atoms with Gasteiger partial charge in [-0.1, -0.05) is 26.0 Å². The van der Waals surface area contributed by atoms with E-state index in [-0.39, 0.29) is 30.7 Å². The van der Waals surface area contributed by atoms with Crippen LogP contribution in [0.1, 0.15) is 50.4 Å². The number of phenolic OH excluding ortho intramolecular Hbond substituents is 1. The van der Waals surface area contributed by atoms with Gasteiger partial charge in [-0.05, 0) is 91.3 Å². The molecule has 6 rings (SSSR count). The number of amides is 1. The van der Waals surface area contributed by atoms with Gasteiger partial charge in [0.1, 0.15) is 11.8 Å². The summed E-state index contributed by atoms with van der Waals surface area (Å²) in [5.74, 6) is -0.578. The molecule has 2 aromatic heterocycles. The monoisotopic (exact) mass is 625 g/mol. The first kappa shape index (κ1) is 31.7. The summed E-state index contributed by atoms with van der Waals surface area (Å²) < 4.78 is 13.8. The van der Waals surface area contributed by atoms with Crippen molar-refractivity contribution in [2.75, 3.05) is 20.3 Å². The van der Waals surface area contributed by atoms with Gasteiger partial charge in [0, 0.05) is 48.3 Å². The summed E-state index contributed by atoms with van der Waals surface area (Å²) in [5, 5.41) is 13.3. The molecule has 0 spiro atoms. The number of hydrazine groups is 1. The second-order valence-corrected chi connectivity index (χ2v) is 13.2. The molecule has 2 aromatic carbocycles. The van der Waals surface area contributed by atoms with Gasteiger partial charge in [0.15, 0.2) is 0 Å². The number of ether oxygens (including phenoxy) is 2. The Balaban J connectivity index is 1.55. The quantitative estimate of drug-likeness (QED) is 0.278. The third kappa shape index (κ3) is 6.25. The fourth-order valence-corrected chi connectivity index (χ4v) is 6.84. The molecule has 10 nitrogen and oxygen atoms in total. The predicted octanol–water partition coefficient (Wildman–Crippen LogP) is 4.73. The minimum atomic E-state index is -0.856. The molecule has 1 amide bonds. The van der Waals surface area contributed by atoms with Crippen LogP contribution < -0.4 is 11.2 Å². The zero-order valence-electron chi connectivity index (χ0n) is 27.0. The average Bonchev–Trinajstić information content (AvgIpc) is 3.34. The van der Waals surface area contributed by atoms with Crippen LogP contribution in [0.25, 0.3) is 33.3 Å². The van der Waals surface area contributed by atoms with Crippen molar-refractivity contribution in [2.45, 2.75) is 71.7 Å². The molecule has 10 heteroatoms. The number of aromatic hydroxyl groups is 1. The van der Waals surface area contributed by atoms with Gasteiger partial charge in [-0.15, -0.1) is 0 Å². The topological polar surface area (TPSA) is 132 Å². The number of carbonyl (C=O) groups excluding carboxylic acids is 2. The van der Waals surface area contributed by atoms with Gasteiger partial charge in [0.2, 0.25) is 0 Å². The second kappa shape index (κ2) is 12.9. The highest BCUT2D eigenvalue weighted by Crippen LogP contribution is 2.41. The van der Waals surface area contributed by atoms with Gasteiger partial charge < -0.3 is 24.9 Å². The SMILES string of the molecule is CCn1c(-c2cccnc2COC)c2c3cc(ccc31)-c1cc(O)cc(c1)C[C@H](N)C(=O)N1CCC[C@H](N1)C(=O)OCC(C)(C)C2. The van der Waals surface area contributed by atoms with Crippen molar-refractivity contribution in [2.24, 2.45) is 11.1 Å². The zero-order chi connectivity index (χ0) is 32.6. The van der Waals surface area contributed by atoms with Crippen molar-refractivity contribution in [1.29, 1.82) is 0 Å². The number of hydrogen-bond acceptors (Lipinski definition) is 8. The number of benzene rings is 2. The van der Waals surface area contributed by atoms with Crippen molar-refractivity contribution in [3.63, 3.8) is 0 Å². The number of phenols is 1. The first-order valence-corrected chi connectivity index (χ1v) is 16.0. The third-order valence-electron chi connectivity index (χ3n) is 8.99. The number of pyridine rings is 1. The average molecular weight is 626 g/mol. The molecule has 4 aromatic rings. The highest BCUT2D eigenvalue weighted by atomic mass is 16.5. The van der Waals surface area contributed by atoms with E-state index in [1.807, 2.05) is 12.1 Å². The molecule has 0 aliphatic carbocycles. The molecule has 0 saturated carbocycles. The summed E-state index contributed by atoms with van der Waals surface area (Å²) in [6.45, 7) is 8.09. The van der Waals surface area contributed by atoms with Crippen LogP contribution >= 0.6 is 0 Å². The van der Waals surface area contributed by atoms with E-state index in [0.29, 0.717) is 32.4 Å². The number of fused-ring (bicyclic) bond motifs is 6. The van der Waals surface area contributed by atoms with Gasteiger partial charge in [0.05, 0.1) is 30.6 Å².